The lowest BCUT2D eigenvalue weighted by Crippen LogP contribution is -1.90. The SMILES string of the molecule is Nc1ccc2cc(N)ccc2c1.Nc1cccc2c(N)cccc12. The molecule has 4 rings (SSSR count). The van der Waals surface area contributed by atoms with E-state index in [4.69, 9.17) is 22.9 Å². The maximum atomic E-state index is 5.77. The molecule has 0 radical (unpaired) electrons. The van der Waals surface area contributed by atoms with Crippen LogP contribution in [0.2, 0.25) is 0 Å². The number of rotatable bonds is 0. The average Bonchev–Trinajstić information content (AvgIpc) is 2.57. The summed E-state index contributed by atoms with van der Waals surface area (Å²) in [5.74, 6) is 0. The standard InChI is InChI=1S/2C10H10N2/c11-9-3-1-7-5-10(12)4-2-8(7)6-9;11-9-5-1-3-7-8(9)4-2-6-10(7)12/h2*1-6H,11-12H2. The molecule has 4 nitrogen and oxygen atoms in total. The second-order valence-corrected chi connectivity index (χ2v) is 5.66. The second-order valence-electron chi connectivity index (χ2n) is 5.66. The van der Waals surface area contributed by atoms with E-state index in [0.717, 1.165) is 44.3 Å². The Balaban J connectivity index is 0.000000141. The first-order valence-corrected chi connectivity index (χ1v) is 7.62. The molecule has 4 aromatic carbocycles. The molecule has 0 amide bonds. The highest BCUT2D eigenvalue weighted by atomic mass is 14.6. The maximum Gasteiger partial charge on any atom is 0.0394 e. The van der Waals surface area contributed by atoms with Crippen molar-refractivity contribution in [2.75, 3.05) is 22.9 Å². The zero-order chi connectivity index (χ0) is 17.1. The monoisotopic (exact) mass is 316 g/mol. The predicted octanol–water partition coefficient (Wildman–Crippen LogP) is 4.01. The fourth-order valence-corrected chi connectivity index (χ4v) is 2.64. The normalized spacial score (nSPS) is 10.3. The van der Waals surface area contributed by atoms with E-state index in [-0.39, 0.29) is 0 Å². The van der Waals surface area contributed by atoms with Crippen molar-refractivity contribution in [1.29, 1.82) is 0 Å². The first-order valence-electron chi connectivity index (χ1n) is 7.62. The summed E-state index contributed by atoms with van der Waals surface area (Å²) < 4.78 is 0. The van der Waals surface area contributed by atoms with E-state index in [1.165, 1.54) is 0 Å². The lowest BCUT2D eigenvalue weighted by atomic mass is 10.1. The van der Waals surface area contributed by atoms with E-state index in [9.17, 15) is 0 Å². The van der Waals surface area contributed by atoms with Crippen LogP contribution in [-0.2, 0) is 0 Å². The van der Waals surface area contributed by atoms with Gasteiger partial charge in [-0.1, -0.05) is 36.4 Å². The Kier molecular flexibility index (Phi) is 4.12. The van der Waals surface area contributed by atoms with Crippen molar-refractivity contribution in [1.82, 2.24) is 0 Å². The van der Waals surface area contributed by atoms with Gasteiger partial charge in [0.1, 0.15) is 0 Å². The van der Waals surface area contributed by atoms with Crippen molar-refractivity contribution in [3.63, 3.8) is 0 Å². The number of hydrogen-bond donors (Lipinski definition) is 4. The molecule has 0 heterocycles. The molecule has 24 heavy (non-hydrogen) atoms. The Morgan fingerprint density at radius 3 is 1.29 bits per heavy atom. The Labute approximate surface area is 140 Å². The van der Waals surface area contributed by atoms with Crippen LogP contribution in [0.15, 0.2) is 72.8 Å². The number of hydrogen-bond acceptors (Lipinski definition) is 4. The highest BCUT2D eigenvalue weighted by Gasteiger charge is 1.98. The zero-order valence-electron chi connectivity index (χ0n) is 13.2. The second kappa shape index (κ2) is 6.38. The van der Waals surface area contributed by atoms with Gasteiger partial charge in [0.25, 0.3) is 0 Å². The molecule has 4 aromatic rings. The Hall–Kier alpha value is -3.40. The molecule has 0 atom stereocenters. The minimum Gasteiger partial charge on any atom is -0.399 e. The van der Waals surface area contributed by atoms with Gasteiger partial charge in [0, 0.05) is 33.5 Å². The smallest absolute Gasteiger partial charge is 0.0394 e. The van der Waals surface area contributed by atoms with Crippen LogP contribution in [-0.4, -0.2) is 0 Å². The first kappa shape index (κ1) is 15.5. The van der Waals surface area contributed by atoms with Crippen LogP contribution in [0, 0.1) is 0 Å². The molecule has 0 saturated carbocycles. The molecule has 0 aliphatic rings. The quantitative estimate of drug-likeness (QED) is 0.368. The van der Waals surface area contributed by atoms with Crippen LogP contribution in [0.4, 0.5) is 22.7 Å². The van der Waals surface area contributed by atoms with E-state index >= 15 is 0 Å². The summed E-state index contributed by atoms with van der Waals surface area (Å²) in [6, 6.07) is 23.1. The van der Waals surface area contributed by atoms with Gasteiger partial charge >= 0.3 is 0 Å². The van der Waals surface area contributed by atoms with Crippen molar-refractivity contribution in [2.45, 2.75) is 0 Å². The number of fused-ring (bicyclic) bond motifs is 2. The van der Waals surface area contributed by atoms with Gasteiger partial charge in [0.05, 0.1) is 0 Å². The van der Waals surface area contributed by atoms with E-state index in [1.807, 2.05) is 72.8 Å². The summed E-state index contributed by atoms with van der Waals surface area (Å²) in [5, 5.41) is 4.31. The molecule has 0 saturated heterocycles. The van der Waals surface area contributed by atoms with Crippen molar-refractivity contribution in [3.8, 4) is 0 Å². The fourth-order valence-electron chi connectivity index (χ4n) is 2.64. The average molecular weight is 316 g/mol. The van der Waals surface area contributed by atoms with Gasteiger partial charge in [-0.05, 0) is 47.2 Å². The summed E-state index contributed by atoms with van der Waals surface area (Å²) in [4.78, 5) is 0. The summed E-state index contributed by atoms with van der Waals surface area (Å²) in [6.45, 7) is 0. The van der Waals surface area contributed by atoms with Gasteiger partial charge in [-0.3, -0.25) is 0 Å². The van der Waals surface area contributed by atoms with Crippen LogP contribution in [0.5, 0.6) is 0 Å². The molecule has 0 unspecified atom stereocenters. The van der Waals surface area contributed by atoms with Crippen molar-refractivity contribution < 1.29 is 0 Å². The third-order valence-corrected chi connectivity index (χ3v) is 3.88. The topological polar surface area (TPSA) is 104 Å². The molecule has 0 aliphatic carbocycles. The van der Waals surface area contributed by atoms with Gasteiger partial charge < -0.3 is 22.9 Å². The van der Waals surface area contributed by atoms with Crippen molar-refractivity contribution >= 4 is 44.3 Å². The zero-order valence-corrected chi connectivity index (χ0v) is 13.2. The number of benzene rings is 4. The van der Waals surface area contributed by atoms with E-state index < -0.39 is 0 Å². The van der Waals surface area contributed by atoms with Crippen LogP contribution in [0.25, 0.3) is 21.5 Å². The van der Waals surface area contributed by atoms with Gasteiger partial charge in [0.2, 0.25) is 0 Å². The number of nitrogens with two attached hydrogens (primary N) is 4. The van der Waals surface area contributed by atoms with Crippen molar-refractivity contribution in [3.05, 3.63) is 72.8 Å². The van der Waals surface area contributed by atoms with Gasteiger partial charge in [-0.15, -0.1) is 0 Å². The molecule has 0 spiro atoms. The molecule has 0 bridgehead atoms. The molecule has 8 N–H and O–H groups in total. The molecular weight excluding hydrogens is 296 g/mol. The molecule has 4 heteroatoms. The summed E-state index contributed by atoms with van der Waals surface area (Å²) >= 11 is 0. The lowest BCUT2D eigenvalue weighted by molar-refractivity contribution is 1.71. The van der Waals surface area contributed by atoms with E-state index in [0.29, 0.717) is 0 Å². The highest BCUT2D eigenvalue weighted by Crippen LogP contribution is 2.25. The molecule has 0 aliphatic heterocycles. The van der Waals surface area contributed by atoms with E-state index in [2.05, 4.69) is 0 Å². The Morgan fingerprint density at radius 2 is 0.875 bits per heavy atom. The minimum absolute atomic E-state index is 0.778. The van der Waals surface area contributed by atoms with E-state index in [1.54, 1.807) is 0 Å². The van der Waals surface area contributed by atoms with Gasteiger partial charge in [-0.2, -0.15) is 0 Å². The third kappa shape index (κ3) is 3.17. The minimum atomic E-state index is 0.778. The molecule has 0 fully saturated rings. The molecule has 0 aromatic heterocycles. The summed E-state index contributed by atoms with van der Waals surface area (Å²) in [5.41, 5.74) is 25.9. The number of nitrogen functional groups attached to an aromatic ring is 4. The molecule has 120 valence electrons. The largest absolute Gasteiger partial charge is 0.399 e. The van der Waals surface area contributed by atoms with Crippen LogP contribution >= 0.6 is 0 Å². The Bertz CT molecular complexity index is 926. The Morgan fingerprint density at radius 1 is 0.458 bits per heavy atom. The summed E-state index contributed by atoms with van der Waals surface area (Å²) in [6.07, 6.45) is 0. The highest BCUT2D eigenvalue weighted by molar-refractivity contribution is 5.99. The van der Waals surface area contributed by atoms with Crippen LogP contribution < -0.4 is 22.9 Å². The fraction of sp³-hybridized carbons (Fsp3) is 0. The van der Waals surface area contributed by atoms with Crippen LogP contribution in [0.3, 0.4) is 0 Å². The first-order chi connectivity index (χ1) is 11.5. The predicted molar refractivity (Wildman–Crippen MR) is 106 cm³/mol. The van der Waals surface area contributed by atoms with Crippen molar-refractivity contribution in [2.24, 2.45) is 0 Å². The van der Waals surface area contributed by atoms with Gasteiger partial charge in [-0.25, -0.2) is 0 Å². The summed E-state index contributed by atoms with van der Waals surface area (Å²) in [7, 11) is 0. The maximum absolute atomic E-state index is 5.77. The van der Waals surface area contributed by atoms with Gasteiger partial charge in [0.15, 0.2) is 0 Å². The van der Waals surface area contributed by atoms with Crippen LogP contribution in [0.1, 0.15) is 0 Å². The third-order valence-electron chi connectivity index (χ3n) is 3.88. The number of anilines is 4. The molecular formula is C20H20N4. The lowest BCUT2D eigenvalue weighted by Gasteiger charge is -2.03.